The molecule has 5 heteroatoms. The molecule has 0 fully saturated rings. The highest BCUT2D eigenvalue weighted by atomic mass is 35.5. The number of H-pyrrole nitrogens is 1. The van der Waals surface area contributed by atoms with Crippen LogP contribution in [0.1, 0.15) is 15.9 Å². The van der Waals surface area contributed by atoms with Crippen LogP contribution in [0.2, 0.25) is 10.0 Å². The SMILES string of the molecule is O=C(c1cn[nH]c1)c1ccc(Cl)cc1Cl. The molecule has 0 saturated carbocycles. The van der Waals surface area contributed by atoms with E-state index in [1.807, 2.05) is 0 Å². The highest BCUT2D eigenvalue weighted by Crippen LogP contribution is 2.23. The zero-order valence-electron chi connectivity index (χ0n) is 7.50. The molecule has 2 aromatic rings. The number of carbonyl (C=O) groups excluding carboxylic acids is 1. The Balaban J connectivity index is 2.42. The molecule has 1 heterocycles. The number of hydrogen-bond acceptors (Lipinski definition) is 2. The van der Waals surface area contributed by atoms with E-state index in [0.29, 0.717) is 21.2 Å². The van der Waals surface area contributed by atoms with Crippen LogP contribution < -0.4 is 0 Å². The molecule has 3 nitrogen and oxygen atoms in total. The first-order valence-electron chi connectivity index (χ1n) is 4.17. The number of benzene rings is 1. The molecular formula is C10H6Cl2N2O. The fourth-order valence-corrected chi connectivity index (χ4v) is 1.70. The van der Waals surface area contributed by atoms with Gasteiger partial charge < -0.3 is 0 Å². The fourth-order valence-electron chi connectivity index (χ4n) is 1.20. The van der Waals surface area contributed by atoms with Gasteiger partial charge in [-0.2, -0.15) is 5.10 Å². The van der Waals surface area contributed by atoms with Gasteiger partial charge in [0.05, 0.1) is 16.8 Å². The van der Waals surface area contributed by atoms with E-state index in [2.05, 4.69) is 10.2 Å². The van der Waals surface area contributed by atoms with E-state index in [0.717, 1.165) is 0 Å². The number of carbonyl (C=O) groups is 1. The lowest BCUT2D eigenvalue weighted by atomic mass is 10.1. The average molecular weight is 241 g/mol. The second-order valence-corrected chi connectivity index (χ2v) is 3.78. The van der Waals surface area contributed by atoms with E-state index < -0.39 is 0 Å². The van der Waals surface area contributed by atoms with Gasteiger partial charge in [-0.15, -0.1) is 0 Å². The molecule has 1 N–H and O–H groups in total. The van der Waals surface area contributed by atoms with E-state index in [1.54, 1.807) is 12.1 Å². The molecule has 0 aliphatic rings. The lowest BCUT2D eigenvalue weighted by molar-refractivity contribution is 0.103. The Bertz CT molecular complexity index is 494. The van der Waals surface area contributed by atoms with Crippen molar-refractivity contribution in [2.45, 2.75) is 0 Å². The van der Waals surface area contributed by atoms with Gasteiger partial charge in [0.1, 0.15) is 0 Å². The van der Waals surface area contributed by atoms with Crippen molar-refractivity contribution in [2.24, 2.45) is 0 Å². The Hall–Kier alpha value is -1.32. The zero-order valence-corrected chi connectivity index (χ0v) is 9.01. The highest BCUT2D eigenvalue weighted by molar-refractivity contribution is 6.37. The maximum Gasteiger partial charge on any atom is 0.197 e. The smallest absolute Gasteiger partial charge is 0.197 e. The van der Waals surface area contributed by atoms with Gasteiger partial charge >= 0.3 is 0 Å². The van der Waals surface area contributed by atoms with Gasteiger partial charge in [0.15, 0.2) is 5.78 Å². The molecule has 15 heavy (non-hydrogen) atoms. The quantitative estimate of drug-likeness (QED) is 0.821. The van der Waals surface area contributed by atoms with Crippen LogP contribution in [0.5, 0.6) is 0 Å². The van der Waals surface area contributed by atoms with Crippen LogP contribution >= 0.6 is 23.2 Å². The summed E-state index contributed by atoms with van der Waals surface area (Å²) in [6.07, 6.45) is 2.97. The summed E-state index contributed by atoms with van der Waals surface area (Å²) in [6.45, 7) is 0. The second-order valence-electron chi connectivity index (χ2n) is 2.94. The highest BCUT2D eigenvalue weighted by Gasteiger charge is 2.13. The van der Waals surface area contributed by atoms with E-state index in [-0.39, 0.29) is 5.78 Å². The van der Waals surface area contributed by atoms with Crippen molar-refractivity contribution >= 4 is 29.0 Å². The Morgan fingerprint density at radius 3 is 2.73 bits per heavy atom. The number of nitrogens with one attached hydrogen (secondary N) is 1. The second kappa shape index (κ2) is 4.04. The average Bonchev–Trinajstić information content (AvgIpc) is 2.69. The molecule has 0 aliphatic heterocycles. The summed E-state index contributed by atoms with van der Waals surface area (Å²) in [7, 11) is 0. The van der Waals surface area contributed by atoms with Crippen molar-refractivity contribution in [3.05, 3.63) is 51.8 Å². The summed E-state index contributed by atoms with van der Waals surface area (Å²) in [6, 6.07) is 4.76. The minimum Gasteiger partial charge on any atom is -0.288 e. The third-order valence-electron chi connectivity index (χ3n) is 1.94. The molecule has 0 aliphatic carbocycles. The van der Waals surface area contributed by atoms with Crippen LogP contribution in [0.25, 0.3) is 0 Å². The van der Waals surface area contributed by atoms with Crippen LogP contribution in [0.3, 0.4) is 0 Å². The number of hydrogen-bond donors (Lipinski definition) is 1. The van der Waals surface area contributed by atoms with Gasteiger partial charge in [-0.25, -0.2) is 0 Å². The topological polar surface area (TPSA) is 45.8 Å². The first-order chi connectivity index (χ1) is 7.18. The molecule has 0 radical (unpaired) electrons. The maximum absolute atomic E-state index is 11.9. The maximum atomic E-state index is 11.9. The molecule has 0 saturated heterocycles. The Kier molecular flexibility index (Phi) is 2.75. The lowest BCUT2D eigenvalue weighted by Gasteiger charge is -2.01. The third kappa shape index (κ3) is 2.03. The summed E-state index contributed by atoms with van der Waals surface area (Å²) < 4.78 is 0. The van der Waals surface area contributed by atoms with Crippen molar-refractivity contribution in [2.75, 3.05) is 0 Å². The zero-order chi connectivity index (χ0) is 10.8. The predicted octanol–water partition coefficient (Wildman–Crippen LogP) is 2.95. The van der Waals surface area contributed by atoms with E-state index in [4.69, 9.17) is 23.2 Å². The van der Waals surface area contributed by atoms with Gasteiger partial charge in [-0.3, -0.25) is 9.89 Å². The van der Waals surface area contributed by atoms with E-state index in [9.17, 15) is 4.79 Å². The van der Waals surface area contributed by atoms with Crippen molar-refractivity contribution < 1.29 is 4.79 Å². The van der Waals surface area contributed by atoms with Crippen molar-refractivity contribution in [1.82, 2.24) is 10.2 Å². The number of ketones is 1. The number of aromatic amines is 1. The van der Waals surface area contributed by atoms with Crippen molar-refractivity contribution in [1.29, 1.82) is 0 Å². The van der Waals surface area contributed by atoms with Gasteiger partial charge in [0.25, 0.3) is 0 Å². The van der Waals surface area contributed by atoms with Gasteiger partial charge in [-0.1, -0.05) is 23.2 Å². The van der Waals surface area contributed by atoms with Crippen LogP contribution in [0, 0.1) is 0 Å². The molecule has 0 bridgehead atoms. The van der Waals surface area contributed by atoms with Crippen LogP contribution in [0.4, 0.5) is 0 Å². The Labute approximate surface area is 96.0 Å². The van der Waals surface area contributed by atoms with Gasteiger partial charge in [-0.05, 0) is 18.2 Å². The normalized spacial score (nSPS) is 10.3. The number of rotatable bonds is 2. The molecular weight excluding hydrogens is 235 g/mol. The summed E-state index contributed by atoms with van der Waals surface area (Å²) >= 11 is 11.6. The Morgan fingerprint density at radius 2 is 2.13 bits per heavy atom. The molecule has 1 aromatic heterocycles. The standard InChI is InChI=1S/C10H6Cl2N2O/c11-7-1-2-8(9(12)3-7)10(15)6-4-13-14-5-6/h1-5H,(H,13,14). The molecule has 0 amide bonds. The lowest BCUT2D eigenvalue weighted by Crippen LogP contribution is -2.00. The summed E-state index contributed by atoms with van der Waals surface area (Å²) in [4.78, 5) is 11.9. The number of halogens is 2. The van der Waals surface area contributed by atoms with Crippen LogP contribution in [-0.4, -0.2) is 16.0 Å². The van der Waals surface area contributed by atoms with E-state index >= 15 is 0 Å². The number of nitrogens with zero attached hydrogens (tertiary/aromatic N) is 1. The molecule has 0 atom stereocenters. The minimum absolute atomic E-state index is 0.176. The largest absolute Gasteiger partial charge is 0.288 e. The first kappa shape index (κ1) is 10.2. The van der Waals surface area contributed by atoms with Crippen molar-refractivity contribution in [3.63, 3.8) is 0 Å². The van der Waals surface area contributed by atoms with Crippen molar-refractivity contribution in [3.8, 4) is 0 Å². The van der Waals surface area contributed by atoms with Gasteiger partial charge in [0, 0.05) is 16.8 Å². The van der Waals surface area contributed by atoms with E-state index in [1.165, 1.54) is 18.5 Å². The molecule has 76 valence electrons. The van der Waals surface area contributed by atoms with Crippen LogP contribution in [0.15, 0.2) is 30.6 Å². The first-order valence-corrected chi connectivity index (χ1v) is 4.92. The molecule has 2 rings (SSSR count). The molecule has 1 aromatic carbocycles. The molecule has 0 spiro atoms. The molecule has 0 unspecified atom stereocenters. The van der Waals surface area contributed by atoms with Crippen LogP contribution in [-0.2, 0) is 0 Å². The predicted molar refractivity (Wildman–Crippen MR) is 58.5 cm³/mol. The third-order valence-corrected chi connectivity index (χ3v) is 2.48. The van der Waals surface area contributed by atoms with Gasteiger partial charge in [0.2, 0.25) is 0 Å². The number of aromatic nitrogens is 2. The summed E-state index contributed by atoms with van der Waals surface area (Å²) in [5.41, 5.74) is 0.890. The Morgan fingerprint density at radius 1 is 1.33 bits per heavy atom. The monoisotopic (exact) mass is 240 g/mol. The summed E-state index contributed by atoms with van der Waals surface area (Å²) in [5.74, 6) is -0.176. The minimum atomic E-state index is -0.176. The fraction of sp³-hybridized carbons (Fsp3) is 0. The summed E-state index contributed by atoms with van der Waals surface area (Å²) in [5, 5.41) is 7.12.